The summed E-state index contributed by atoms with van der Waals surface area (Å²) < 4.78 is 0. The molecule has 1 aliphatic heterocycles. The van der Waals surface area contributed by atoms with Crippen molar-refractivity contribution in [1.29, 1.82) is 0 Å². The van der Waals surface area contributed by atoms with Gasteiger partial charge in [-0.15, -0.1) is 0 Å². The molecular weight excluding hydrogens is 252 g/mol. The Kier molecular flexibility index (Phi) is 3.60. The molecule has 5 nitrogen and oxygen atoms in total. The summed E-state index contributed by atoms with van der Waals surface area (Å²) in [7, 11) is 0. The van der Waals surface area contributed by atoms with Crippen LogP contribution in [0.5, 0.6) is 0 Å². The van der Waals surface area contributed by atoms with E-state index in [9.17, 15) is 5.11 Å². The maximum Gasteiger partial charge on any atom is 0.132 e. The first-order valence-corrected chi connectivity index (χ1v) is 6.85. The average molecular weight is 270 g/mol. The summed E-state index contributed by atoms with van der Waals surface area (Å²) in [5, 5.41) is 10.2. The molecule has 0 aromatic carbocycles. The lowest BCUT2D eigenvalue weighted by atomic mass is 10.00. The van der Waals surface area contributed by atoms with Crippen molar-refractivity contribution in [3.63, 3.8) is 0 Å². The Balaban J connectivity index is 1.71. The van der Waals surface area contributed by atoms with Crippen LogP contribution in [0.25, 0.3) is 0 Å². The van der Waals surface area contributed by atoms with Gasteiger partial charge in [-0.2, -0.15) is 0 Å². The molecule has 2 aromatic heterocycles. The average Bonchev–Trinajstić information content (AvgIpc) is 2.81. The van der Waals surface area contributed by atoms with Crippen molar-refractivity contribution >= 4 is 5.82 Å². The van der Waals surface area contributed by atoms with Crippen LogP contribution in [-0.4, -0.2) is 39.3 Å². The van der Waals surface area contributed by atoms with Gasteiger partial charge in [0.05, 0.1) is 6.10 Å². The number of nitrogens with zero attached hydrogens (tertiary/aromatic N) is 4. The first-order valence-electron chi connectivity index (χ1n) is 6.85. The zero-order valence-corrected chi connectivity index (χ0v) is 11.5. The number of rotatable bonds is 3. The van der Waals surface area contributed by atoms with Crippen molar-refractivity contribution in [2.45, 2.75) is 19.4 Å². The van der Waals surface area contributed by atoms with Crippen LogP contribution in [0.2, 0.25) is 0 Å². The highest BCUT2D eigenvalue weighted by atomic mass is 16.3. The summed E-state index contributed by atoms with van der Waals surface area (Å²) in [6.45, 7) is 3.30. The number of aromatic nitrogens is 3. The minimum atomic E-state index is -0.340. The van der Waals surface area contributed by atoms with E-state index in [1.165, 1.54) is 0 Å². The fourth-order valence-corrected chi connectivity index (χ4v) is 2.65. The van der Waals surface area contributed by atoms with Gasteiger partial charge in [-0.05, 0) is 31.5 Å². The zero-order chi connectivity index (χ0) is 13.9. The third-order valence-electron chi connectivity index (χ3n) is 3.69. The van der Waals surface area contributed by atoms with E-state index >= 15 is 0 Å². The molecule has 0 unspecified atom stereocenters. The molecule has 2 aromatic rings. The largest absolute Gasteiger partial charge is 0.391 e. The van der Waals surface area contributed by atoms with Gasteiger partial charge < -0.3 is 10.0 Å². The van der Waals surface area contributed by atoms with Crippen molar-refractivity contribution < 1.29 is 5.11 Å². The minimum absolute atomic E-state index is 0.195. The number of aryl methyl sites for hydroxylation is 1. The van der Waals surface area contributed by atoms with E-state index < -0.39 is 0 Å². The molecule has 1 aliphatic rings. The Bertz CT molecular complexity index is 575. The van der Waals surface area contributed by atoms with Gasteiger partial charge in [-0.1, -0.05) is 6.07 Å². The summed E-state index contributed by atoms with van der Waals surface area (Å²) in [5.74, 6) is 1.84. The summed E-state index contributed by atoms with van der Waals surface area (Å²) in [4.78, 5) is 15.0. The molecule has 0 spiro atoms. The highest BCUT2D eigenvalue weighted by Crippen LogP contribution is 2.24. The quantitative estimate of drug-likeness (QED) is 0.908. The monoisotopic (exact) mass is 270 g/mol. The number of hydrogen-bond donors (Lipinski definition) is 1. The zero-order valence-electron chi connectivity index (χ0n) is 11.5. The van der Waals surface area contributed by atoms with E-state index in [4.69, 9.17) is 0 Å². The van der Waals surface area contributed by atoms with E-state index in [-0.39, 0.29) is 12.0 Å². The van der Waals surface area contributed by atoms with Crippen LogP contribution in [0.4, 0.5) is 5.82 Å². The summed E-state index contributed by atoms with van der Waals surface area (Å²) in [6, 6.07) is 7.78. The maximum atomic E-state index is 10.2. The van der Waals surface area contributed by atoms with E-state index in [1.807, 2.05) is 31.2 Å². The number of pyridine rings is 1. The fourth-order valence-electron chi connectivity index (χ4n) is 2.65. The SMILES string of the molecule is Cc1nccc(N2C[C@@H](Cc3ccccn3)[C@H](O)C2)n1. The highest BCUT2D eigenvalue weighted by Gasteiger charge is 2.32. The van der Waals surface area contributed by atoms with Gasteiger partial charge >= 0.3 is 0 Å². The van der Waals surface area contributed by atoms with E-state index in [0.717, 1.165) is 30.3 Å². The van der Waals surface area contributed by atoms with Crippen LogP contribution in [-0.2, 0) is 6.42 Å². The lowest BCUT2D eigenvalue weighted by Gasteiger charge is -2.17. The second-order valence-electron chi connectivity index (χ2n) is 5.22. The fraction of sp³-hybridized carbons (Fsp3) is 0.400. The number of anilines is 1. The summed E-state index contributed by atoms with van der Waals surface area (Å²) in [5.41, 5.74) is 1.03. The molecule has 3 rings (SSSR count). The topological polar surface area (TPSA) is 62.1 Å². The van der Waals surface area contributed by atoms with Crippen molar-refractivity contribution in [2.75, 3.05) is 18.0 Å². The third kappa shape index (κ3) is 2.77. The van der Waals surface area contributed by atoms with Crippen LogP contribution >= 0.6 is 0 Å². The molecule has 0 radical (unpaired) electrons. The Morgan fingerprint density at radius 2 is 2.10 bits per heavy atom. The molecule has 1 saturated heterocycles. The molecule has 3 heterocycles. The van der Waals surface area contributed by atoms with Gasteiger partial charge in [-0.25, -0.2) is 9.97 Å². The molecule has 1 fully saturated rings. The number of aliphatic hydroxyl groups is 1. The molecule has 0 bridgehead atoms. The molecule has 20 heavy (non-hydrogen) atoms. The molecule has 0 saturated carbocycles. The predicted molar refractivity (Wildman–Crippen MR) is 76.4 cm³/mol. The van der Waals surface area contributed by atoms with E-state index in [2.05, 4.69) is 19.9 Å². The molecule has 5 heteroatoms. The van der Waals surface area contributed by atoms with Gasteiger partial charge in [0.1, 0.15) is 11.6 Å². The molecule has 0 amide bonds. The summed E-state index contributed by atoms with van der Waals surface area (Å²) in [6.07, 6.45) is 4.01. The smallest absolute Gasteiger partial charge is 0.132 e. The standard InChI is InChI=1S/C15H18N4O/c1-11-16-7-5-15(18-11)19-9-12(14(20)10-19)8-13-4-2-3-6-17-13/h2-7,12,14,20H,8-10H2,1H3/t12-,14-/m1/s1. The molecule has 104 valence electrons. The van der Waals surface area contributed by atoms with Gasteiger partial charge in [0.2, 0.25) is 0 Å². The molecule has 2 atom stereocenters. The number of β-amino-alcohol motifs (C(OH)–C–C–N with tert-alkyl or cyclic N) is 1. The van der Waals surface area contributed by atoms with Crippen molar-refractivity contribution in [3.8, 4) is 0 Å². The van der Waals surface area contributed by atoms with Crippen LogP contribution in [0.3, 0.4) is 0 Å². The van der Waals surface area contributed by atoms with Crippen LogP contribution in [0.15, 0.2) is 36.7 Å². The Hall–Kier alpha value is -2.01. The highest BCUT2D eigenvalue weighted by molar-refractivity contribution is 5.39. The van der Waals surface area contributed by atoms with E-state index in [1.54, 1.807) is 12.4 Å². The Morgan fingerprint density at radius 3 is 2.85 bits per heavy atom. The first-order chi connectivity index (χ1) is 9.72. The molecular formula is C15H18N4O. The Morgan fingerprint density at radius 1 is 1.20 bits per heavy atom. The number of aliphatic hydroxyl groups excluding tert-OH is 1. The second kappa shape index (κ2) is 5.54. The predicted octanol–water partition coefficient (Wildman–Crippen LogP) is 1.22. The Labute approximate surface area is 118 Å². The third-order valence-corrected chi connectivity index (χ3v) is 3.69. The number of hydrogen-bond acceptors (Lipinski definition) is 5. The normalized spacial score (nSPS) is 22.2. The van der Waals surface area contributed by atoms with Crippen molar-refractivity contribution in [1.82, 2.24) is 15.0 Å². The van der Waals surface area contributed by atoms with Crippen LogP contribution in [0.1, 0.15) is 11.5 Å². The van der Waals surface area contributed by atoms with Crippen molar-refractivity contribution in [2.24, 2.45) is 5.92 Å². The lowest BCUT2D eigenvalue weighted by molar-refractivity contribution is 0.148. The molecule has 0 aliphatic carbocycles. The minimum Gasteiger partial charge on any atom is -0.391 e. The van der Waals surface area contributed by atoms with Crippen LogP contribution in [0, 0.1) is 12.8 Å². The van der Waals surface area contributed by atoms with E-state index in [0.29, 0.717) is 6.54 Å². The van der Waals surface area contributed by atoms with Gasteiger partial charge in [0, 0.05) is 37.1 Å². The van der Waals surface area contributed by atoms with Crippen molar-refractivity contribution in [3.05, 3.63) is 48.2 Å². The van der Waals surface area contributed by atoms with Gasteiger partial charge in [0.15, 0.2) is 0 Å². The van der Waals surface area contributed by atoms with Gasteiger partial charge in [-0.3, -0.25) is 4.98 Å². The second-order valence-corrected chi connectivity index (χ2v) is 5.22. The summed E-state index contributed by atoms with van der Waals surface area (Å²) >= 11 is 0. The first kappa shape index (κ1) is 13.0. The lowest BCUT2D eigenvalue weighted by Crippen LogP contribution is -2.22. The van der Waals surface area contributed by atoms with Crippen LogP contribution < -0.4 is 4.90 Å². The van der Waals surface area contributed by atoms with Gasteiger partial charge in [0.25, 0.3) is 0 Å². The molecule has 1 N–H and O–H groups in total. The maximum absolute atomic E-state index is 10.2.